The third-order valence-corrected chi connectivity index (χ3v) is 3.59. The second-order valence-corrected chi connectivity index (χ2v) is 5.09. The number of aliphatic hydroxyl groups excluding tert-OH is 1. The zero-order chi connectivity index (χ0) is 14.4. The molecule has 1 aliphatic heterocycles. The van der Waals surface area contributed by atoms with Crippen LogP contribution in [0.25, 0.3) is 0 Å². The average molecular weight is 315 g/mol. The van der Waals surface area contributed by atoms with Crippen molar-refractivity contribution in [1.82, 2.24) is 10.6 Å². The molecule has 21 heavy (non-hydrogen) atoms. The third kappa shape index (κ3) is 5.53. The van der Waals surface area contributed by atoms with Crippen LogP contribution in [-0.2, 0) is 4.79 Å². The number of aliphatic hydroxyl groups is 1. The Labute approximate surface area is 131 Å². The molecule has 3 N–H and O–H groups in total. The Morgan fingerprint density at radius 3 is 2.76 bits per heavy atom. The van der Waals surface area contributed by atoms with E-state index < -0.39 is 6.10 Å². The van der Waals surface area contributed by atoms with E-state index in [1.165, 1.54) is 0 Å². The maximum Gasteiger partial charge on any atom is 0.221 e. The SMILES string of the molecule is COc1ccc(C(O)CNC(=O)CC2CCCN2)cc1.Cl. The summed E-state index contributed by atoms with van der Waals surface area (Å²) in [4.78, 5) is 11.8. The van der Waals surface area contributed by atoms with Crippen molar-refractivity contribution in [3.63, 3.8) is 0 Å². The zero-order valence-corrected chi connectivity index (χ0v) is 13.0. The van der Waals surface area contributed by atoms with E-state index in [0.717, 1.165) is 30.7 Å². The number of ether oxygens (including phenoxy) is 1. The first-order chi connectivity index (χ1) is 9.69. The summed E-state index contributed by atoms with van der Waals surface area (Å²) < 4.78 is 5.06. The molecule has 0 aromatic heterocycles. The monoisotopic (exact) mass is 314 g/mol. The first kappa shape index (κ1) is 17.8. The largest absolute Gasteiger partial charge is 0.497 e. The number of methoxy groups -OCH3 is 1. The van der Waals surface area contributed by atoms with E-state index in [0.29, 0.717) is 6.42 Å². The fraction of sp³-hybridized carbons (Fsp3) is 0.533. The van der Waals surface area contributed by atoms with Crippen molar-refractivity contribution >= 4 is 18.3 Å². The van der Waals surface area contributed by atoms with Gasteiger partial charge in [0.1, 0.15) is 5.75 Å². The highest BCUT2D eigenvalue weighted by Crippen LogP contribution is 2.17. The van der Waals surface area contributed by atoms with Gasteiger partial charge in [0.15, 0.2) is 0 Å². The lowest BCUT2D eigenvalue weighted by atomic mass is 10.1. The molecule has 1 aromatic rings. The van der Waals surface area contributed by atoms with Crippen LogP contribution in [0.5, 0.6) is 5.75 Å². The second-order valence-electron chi connectivity index (χ2n) is 5.09. The Hall–Kier alpha value is -1.30. The smallest absolute Gasteiger partial charge is 0.221 e. The first-order valence-corrected chi connectivity index (χ1v) is 7.01. The molecule has 0 saturated carbocycles. The molecule has 0 spiro atoms. The van der Waals surface area contributed by atoms with Crippen molar-refractivity contribution in [3.05, 3.63) is 29.8 Å². The van der Waals surface area contributed by atoms with Gasteiger partial charge in [-0.15, -0.1) is 12.4 Å². The van der Waals surface area contributed by atoms with Gasteiger partial charge in [0.05, 0.1) is 13.2 Å². The molecule has 0 radical (unpaired) electrons. The van der Waals surface area contributed by atoms with E-state index in [-0.39, 0.29) is 30.9 Å². The van der Waals surface area contributed by atoms with Crippen molar-refractivity contribution in [3.8, 4) is 5.75 Å². The van der Waals surface area contributed by atoms with Gasteiger partial charge in [-0.2, -0.15) is 0 Å². The summed E-state index contributed by atoms with van der Waals surface area (Å²) in [5.74, 6) is 0.731. The van der Waals surface area contributed by atoms with E-state index in [2.05, 4.69) is 10.6 Å². The van der Waals surface area contributed by atoms with Crippen LogP contribution in [0.3, 0.4) is 0 Å². The van der Waals surface area contributed by atoms with Crippen molar-refractivity contribution < 1.29 is 14.6 Å². The van der Waals surface area contributed by atoms with Crippen molar-refractivity contribution in [1.29, 1.82) is 0 Å². The molecule has 0 aliphatic carbocycles. The van der Waals surface area contributed by atoms with Crippen LogP contribution in [0.2, 0.25) is 0 Å². The Morgan fingerprint density at radius 2 is 2.19 bits per heavy atom. The number of rotatable bonds is 6. The quantitative estimate of drug-likeness (QED) is 0.742. The van der Waals surface area contributed by atoms with Crippen molar-refractivity contribution in [2.45, 2.75) is 31.4 Å². The number of benzene rings is 1. The number of carbonyl (C=O) groups excluding carboxylic acids is 1. The molecule has 1 amide bonds. The van der Waals surface area contributed by atoms with Crippen LogP contribution >= 0.6 is 12.4 Å². The minimum Gasteiger partial charge on any atom is -0.497 e. The highest BCUT2D eigenvalue weighted by Gasteiger charge is 2.18. The van der Waals surface area contributed by atoms with Crippen LogP contribution < -0.4 is 15.4 Å². The molecule has 6 heteroatoms. The normalized spacial score (nSPS) is 18.7. The fourth-order valence-electron chi connectivity index (χ4n) is 2.38. The Balaban J connectivity index is 0.00000220. The van der Waals surface area contributed by atoms with Gasteiger partial charge in [-0.25, -0.2) is 0 Å². The Kier molecular flexibility index (Phi) is 7.50. The summed E-state index contributed by atoms with van der Waals surface area (Å²) >= 11 is 0. The van der Waals surface area contributed by atoms with Crippen LogP contribution in [0.1, 0.15) is 30.9 Å². The van der Waals surface area contributed by atoms with Crippen LogP contribution in [0.4, 0.5) is 0 Å². The van der Waals surface area contributed by atoms with Crippen LogP contribution in [-0.4, -0.2) is 37.3 Å². The number of amides is 1. The Morgan fingerprint density at radius 1 is 1.48 bits per heavy atom. The second kappa shape index (κ2) is 8.87. The standard InChI is InChI=1S/C15H22N2O3.ClH/c1-20-13-6-4-11(5-7-13)14(18)10-17-15(19)9-12-3-2-8-16-12;/h4-7,12,14,16,18H,2-3,8-10H2,1H3,(H,17,19);1H. The van der Waals surface area contributed by atoms with E-state index in [1.54, 1.807) is 31.4 Å². The summed E-state index contributed by atoms with van der Waals surface area (Å²) in [5, 5.41) is 16.1. The summed E-state index contributed by atoms with van der Waals surface area (Å²) in [6.45, 7) is 1.23. The fourth-order valence-corrected chi connectivity index (χ4v) is 2.38. The Bertz CT molecular complexity index is 433. The van der Waals surface area contributed by atoms with Crippen LogP contribution in [0, 0.1) is 0 Å². The molecule has 2 rings (SSSR count). The molecule has 0 bridgehead atoms. The zero-order valence-electron chi connectivity index (χ0n) is 12.2. The van der Waals surface area contributed by atoms with Crippen LogP contribution in [0.15, 0.2) is 24.3 Å². The lowest BCUT2D eigenvalue weighted by Gasteiger charge is -2.14. The summed E-state index contributed by atoms with van der Waals surface area (Å²) in [6, 6.07) is 7.47. The molecule has 1 heterocycles. The van der Waals surface area contributed by atoms with E-state index >= 15 is 0 Å². The van der Waals surface area contributed by atoms with Gasteiger partial charge in [0, 0.05) is 19.0 Å². The molecular weight excluding hydrogens is 292 g/mol. The molecule has 118 valence electrons. The molecule has 2 atom stereocenters. The first-order valence-electron chi connectivity index (χ1n) is 7.01. The van der Waals surface area contributed by atoms with E-state index in [9.17, 15) is 9.90 Å². The number of hydrogen-bond donors (Lipinski definition) is 3. The number of nitrogens with one attached hydrogen (secondary N) is 2. The van der Waals surface area contributed by atoms with Gasteiger partial charge in [0.25, 0.3) is 0 Å². The third-order valence-electron chi connectivity index (χ3n) is 3.59. The highest BCUT2D eigenvalue weighted by atomic mass is 35.5. The number of halogens is 1. The predicted molar refractivity (Wildman–Crippen MR) is 83.9 cm³/mol. The maximum atomic E-state index is 11.8. The van der Waals surface area contributed by atoms with E-state index in [4.69, 9.17) is 4.74 Å². The molecule has 2 unspecified atom stereocenters. The van der Waals surface area contributed by atoms with E-state index in [1.807, 2.05) is 0 Å². The van der Waals surface area contributed by atoms with Crippen molar-refractivity contribution in [2.75, 3.05) is 20.2 Å². The summed E-state index contributed by atoms with van der Waals surface area (Å²) in [6.07, 6.45) is 1.97. The molecule has 5 nitrogen and oxygen atoms in total. The van der Waals surface area contributed by atoms with Crippen molar-refractivity contribution in [2.24, 2.45) is 0 Å². The molecule has 1 aromatic carbocycles. The predicted octanol–water partition coefficient (Wildman–Crippen LogP) is 1.41. The highest BCUT2D eigenvalue weighted by molar-refractivity contribution is 5.85. The van der Waals surface area contributed by atoms with Gasteiger partial charge in [-0.3, -0.25) is 4.79 Å². The summed E-state index contributed by atoms with van der Waals surface area (Å²) in [7, 11) is 1.60. The van der Waals surface area contributed by atoms with Gasteiger partial charge >= 0.3 is 0 Å². The van der Waals surface area contributed by atoms with Gasteiger partial charge in [0.2, 0.25) is 5.91 Å². The molecular formula is C15H23ClN2O3. The minimum absolute atomic E-state index is 0. The summed E-state index contributed by atoms with van der Waals surface area (Å²) in [5.41, 5.74) is 0.769. The molecule has 1 aliphatic rings. The number of hydrogen-bond acceptors (Lipinski definition) is 4. The van der Waals surface area contributed by atoms with Gasteiger partial charge < -0.3 is 20.5 Å². The molecule has 1 fully saturated rings. The lowest BCUT2D eigenvalue weighted by molar-refractivity contribution is -0.122. The average Bonchev–Trinajstić information content (AvgIpc) is 2.97. The lowest BCUT2D eigenvalue weighted by Crippen LogP contribution is -2.34. The number of carbonyl (C=O) groups is 1. The minimum atomic E-state index is -0.693. The molecule has 1 saturated heterocycles. The van der Waals surface area contributed by atoms with Gasteiger partial charge in [-0.05, 0) is 37.1 Å². The van der Waals surface area contributed by atoms with Gasteiger partial charge in [-0.1, -0.05) is 12.1 Å². The topological polar surface area (TPSA) is 70.6 Å². The maximum absolute atomic E-state index is 11.8.